The Hall–Kier alpha value is -2.19. The highest BCUT2D eigenvalue weighted by molar-refractivity contribution is 8.13. The second kappa shape index (κ2) is 6.74. The van der Waals surface area contributed by atoms with E-state index in [0.717, 1.165) is 9.86 Å². The molecule has 2 heterocycles. The highest BCUT2D eigenvalue weighted by Gasteiger charge is 2.10. The van der Waals surface area contributed by atoms with Crippen molar-refractivity contribution in [1.82, 2.24) is 15.0 Å². The molecular formula is C16H18N6S2. The molecule has 2 N–H and O–H groups in total. The number of nitrogens with two attached hydrogens (primary N) is 1. The van der Waals surface area contributed by atoms with Gasteiger partial charge >= 0.3 is 0 Å². The predicted octanol–water partition coefficient (Wildman–Crippen LogP) is 3.80. The first-order valence-electron chi connectivity index (χ1n) is 7.31. The van der Waals surface area contributed by atoms with Crippen LogP contribution in [0.15, 0.2) is 27.8 Å². The number of hydrogen-bond acceptors (Lipinski definition) is 8. The first-order valence-corrected chi connectivity index (χ1v) is 9.00. The summed E-state index contributed by atoms with van der Waals surface area (Å²) in [5.74, 6) is 1.05. The van der Waals surface area contributed by atoms with Crippen LogP contribution in [-0.4, -0.2) is 34.6 Å². The van der Waals surface area contributed by atoms with Crippen LogP contribution in [0, 0.1) is 13.8 Å². The normalized spacial score (nSPS) is 11.5. The SMILES string of the molecule is Cc1ccc2nc(SC=Nc3c(N)ncnc3N(C)C)sc2c1C. The summed E-state index contributed by atoms with van der Waals surface area (Å²) in [7, 11) is 3.79. The minimum atomic E-state index is 0.362. The minimum absolute atomic E-state index is 0.362. The Morgan fingerprint density at radius 3 is 2.79 bits per heavy atom. The molecule has 6 nitrogen and oxygen atoms in total. The summed E-state index contributed by atoms with van der Waals surface area (Å²) in [6, 6.07) is 4.16. The Morgan fingerprint density at radius 2 is 2.04 bits per heavy atom. The van der Waals surface area contributed by atoms with E-state index in [9.17, 15) is 0 Å². The third kappa shape index (κ3) is 3.20. The van der Waals surface area contributed by atoms with Crippen LogP contribution in [0.25, 0.3) is 10.2 Å². The number of aromatic nitrogens is 3. The standard InChI is InChI=1S/C16H18N6S2/c1-9-5-6-11-13(10(9)2)24-16(21-11)23-8-20-12-14(17)18-7-19-15(12)22(3)4/h5-8H,1-4H3,(H2,17,18,19). The van der Waals surface area contributed by atoms with E-state index in [-0.39, 0.29) is 0 Å². The number of benzene rings is 1. The van der Waals surface area contributed by atoms with Crippen molar-refractivity contribution in [3.63, 3.8) is 0 Å². The van der Waals surface area contributed by atoms with Gasteiger partial charge in [-0.3, -0.25) is 0 Å². The van der Waals surface area contributed by atoms with E-state index in [2.05, 4.69) is 45.9 Å². The molecule has 24 heavy (non-hydrogen) atoms. The average molecular weight is 358 g/mol. The van der Waals surface area contributed by atoms with Crippen LogP contribution in [0.4, 0.5) is 17.3 Å². The number of nitrogen functional groups attached to an aromatic ring is 1. The molecule has 1 aromatic carbocycles. The highest BCUT2D eigenvalue weighted by Crippen LogP contribution is 2.33. The molecule has 8 heteroatoms. The molecule has 2 aromatic heterocycles. The summed E-state index contributed by atoms with van der Waals surface area (Å²) < 4.78 is 2.17. The van der Waals surface area contributed by atoms with Gasteiger partial charge in [-0.1, -0.05) is 6.07 Å². The third-order valence-electron chi connectivity index (χ3n) is 3.65. The Kier molecular flexibility index (Phi) is 4.68. The number of hydrogen-bond donors (Lipinski definition) is 1. The summed E-state index contributed by atoms with van der Waals surface area (Å²) in [5, 5.41) is 0. The Bertz CT molecular complexity index is 916. The second-order valence-corrected chi connectivity index (χ2v) is 7.60. The molecule has 0 saturated carbocycles. The molecular weight excluding hydrogens is 340 g/mol. The van der Waals surface area contributed by atoms with E-state index < -0.39 is 0 Å². The lowest BCUT2D eigenvalue weighted by Crippen LogP contribution is -2.12. The summed E-state index contributed by atoms with van der Waals surface area (Å²) in [6.45, 7) is 4.24. The van der Waals surface area contributed by atoms with Gasteiger partial charge < -0.3 is 10.6 Å². The number of fused-ring (bicyclic) bond motifs is 1. The van der Waals surface area contributed by atoms with Crippen LogP contribution in [-0.2, 0) is 0 Å². The van der Waals surface area contributed by atoms with Crippen LogP contribution >= 0.6 is 23.1 Å². The number of rotatable bonds is 4. The van der Waals surface area contributed by atoms with E-state index >= 15 is 0 Å². The summed E-state index contributed by atoms with van der Waals surface area (Å²) in [6.07, 6.45) is 1.44. The van der Waals surface area contributed by atoms with Crippen molar-refractivity contribution in [2.75, 3.05) is 24.7 Å². The number of anilines is 2. The van der Waals surface area contributed by atoms with Crippen molar-refractivity contribution in [2.24, 2.45) is 4.99 Å². The number of nitrogens with zero attached hydrogens (tertiary/aromatic N) is 5. The van der Waals surface area contributed by atoms with Crippen molar-refractivity contribution in [3.8, 4) is 0 Å². The van der Waals surface area contributed by atoms with Gasteiger partial charge in [-0.15, -0.1) is 11.3 Å². The summed E-state index contributed by atoms with van der Waals surface area (Å²) in [5.41, 5.74) is 11.8. The smallest absolute Gasteiger partial charge is 0.159 e. The lowest BCUT2D eigenvalue weighted by Gasteiger charge is -2.13. The van der Waals surface area contributed by atoms with Gasteiger partial charge in [-0.05, 0) is 42.8 Å². The molecule has 0 aliphatic carbocycles. The molecule has 0 fully saturated rings. The number of thioether (sulfide) groups is 1. The third-order valence-corrected chi connectivity index (χ3v) is 5.68. The summed E-state index contributed by atoms with van der Waals surface area (Å²) in [4.78, 5) is 19.2. The minimum Gasteiger partial charge on any atom is -0.382 e. The number of aryl methyl sites for hydroxylation is 2. The zero-order valence-corrected chi connectivity index (χ0v) is 15.6. The predicted molar refractivity (Wildman–Crippen MR) is 104 cm³/mol. The average Bonchev–Trinajstić information content (AvgIpc) is 2.96. The van der Waals surface area contributed by atoms with E-state index in [0.29, 0.717) is 17.3 Å². The topological polar surface area (TPSA) is 80.3 Å². The van der Waals surface area contributed by atoms with E-state index in [1.54, 1.807) is 16.9 Å². The van der Waals surface area contributed by atoms with Crippen molar-refractivity contribution < 1.29 is 0 Å². The highest BCUT2D eigenvalue weighted by atomic mass is 32.2. The van der Waals surface area contributed by atoms with Gasteiger partial charge in [0, 0.05) is 14.1 Å². The van der Waals surface area contributed by atoms with Gasteiger partial charge in [0.15, 0.2) is 16.0 Å². The zero-order chi connectivity index (χ0) is 17.3. The first kappa shape index (κ1) is 16.7. The van der Waals surface area contributed by atoms with Crippen LogP contribution in [0.3, 0.4) is 0 Å². The summed E-state index contributed by atoms with van der Waals surface area (Å²) >= 11 is 3.15. The molecule has 0 aliphatic heterocycles. The lowest BCUT2D eigenvalue weighted by atomic mass is 10.1. The van der Waals surface area contributed by atoms with E-state index in [1.165, 1.54) is 33.9 Å². The molecule has 0 saturated heterocycles. The maximum atomic E-state index is 5.92. The fourth-order valence-corrected chi connectivity index (χ4v) is 4.03. The van der Waals surface area contributed by atoms with Gasteiger partial charge in [0.05, 0.1) is 15.8 Å². The lowest BCUT2D eigenvalue weighted by molar-refractivity contribution is 1.04. The van der Waals surface area contributed by atoms with Gasteiger partial charge in [-0.2, -0.15) is 0 Å². The quantitative estimate of drug-likeness (QED) is 0.434. The monoisotopic (exact) mass is 358 g/mol. The van der Waals surface area contributed by atoms with Gasteiger partial charge in [0.2, 0.25) is 0 Å². The Balaban J connectivity index is 1.86. The second-order valence-electron chi connectivity index (χ2n) is 5.51. The first-order chi connectivity index (χ1) is 11.5. The molecule has 0 atom stereocenters. The molecule has 0 bridgehead atoms. The fourth-order valence-electron chi connectivity index (χ4n) is 2.21. The molecule has 0 aliphatic rings. The molecule has 0 amide bonds. The van der Waals surface area contributed by atoms with Crippen molar-refractivity contribution in [3.05, 3.63) is 29.6 Å². The molecule has 0 spiro atoms. The fraction of sp³-hybridized carbons (Fsp3) is 0.250. The van der Waals surface area contributed by atoms with Crippen molar-refractivity contribution in [1.29, 1.82) is 0 Å². The maximum Gasteiger partial charge on any atom is 0.159 e. The molecule has 3 aromatic rings. The Morgan fingerprint density at radius 1 is 1.25 bits per heavy atom. The molecule has 0 unspecified atom stereocenters. The molecule has 3 rings (SSSR count). The number of aliphatic imine (C=N–C) groups is 1. The van der Waals surface area contributed by atoms with Crippen LogP contribution in [0.2, 0.25) is 0 Å². The number of thiazole rings is 1. The van der Waals surface area contributed by atoms with Gasteiger partial charge in [0.25, 0.3) is 0 Å². The maximum absolute atomic E-state index is 5.92. The van der Waals surface area contributed by atoms with Gasteiger partial charge in [-0.25, -0.2) is 19.9 Å². The van der Waals surface area contributed by atoms with E-state index in [1.807, 2.05) is 19.0 Å². The molecule has 0 radical (unpaired) electrons. The van der Waals surface area contributed by atoms with Crippen LogP contribution in [0.1, 0.15) is 11.1 Å². The van der Waals surface area contributed by atoms with Crippen molar-refractivity contribution >= 4 is 56.2 Å². The largest absolute Gasteiger partial charge is 0.382 e. The Labute approximate surface area is 148 Å². The van der Waals surface area contributed by atoms with E-state index in [4.69, 9.17) is 5.73 Å². The van der Waals surface area contributed by atoms with Gasteiger partial charge in [0.1, 0.15) is 12.0 Å². The van der Waals surface area contributed by atoms with Crippen LogP contribution < -0.4 is 10.6 Å². The van der Waals surface area contributed by atoms with Crippen molar-refractivity contribution in [2.45, 2.75) is 18.2 Å². The molecule has 124 valence electrons. The zero-order valence-electron chi connectivity index (χ0n) is 13.9. The van der Waals surface area contributed by atoms with Crippen LogP contribution in [0.5, 0.6) is 0 Å².